The maximum atomic E-state index is 13.7. The summed E-state index contributed by atoms with van der Waals surface area (Å²) < 4.78 is 13.7. The molecule has 0 aliphatic rings. The molecule has 6 nitrogen and oxygen atoms in total. The Balaban J connectivity index is 1.82. The first-order valence-electron chi connectivity index (χ1n) is 7.32. The molecule has 1 heterocycles. The Hall–Kier alpha value is -3.14. The lowest BCUT2D eigenvalue weighted by molar-refractivity contribution is 0.240. The number of hydrogen-bond donors (Lipinski definition) is 2. The Bertz CT molecular complexity index is 753. The summed E-state index contributed by atoms with van der Waals surface area (Å²) in [5, 5.41) is 13.9. The predicted octanol–water partition coefficient (Wildman–Crippen LogP) is 2.16. The highest BCUT2D eigenvalue weighted by atomic mass is 19.1. The number of amides is 2. The van der Waals surface area contributed by atoms with E-state index in [2.05, 4.69) is 15.6 Å². The summed E-state index contributed by atoms with van der Waals surface area (Å²) in [6, 6.07) is 9.33. The molecule has 0 aliphatic carbocycles. The van der Waals surface area contributed by atoms with E-state index in [1.54, 1.807) is 6.20 Å². The Morgan fingerprint density at radius 1 is 1.25 bits per heavy atom. The molecule has 1 aromatic heterocycles. The molecule has 0 saturated carbocycles. The van der Waals surface area contributed by atoms with Crippen LogP contribution in [-0.2, 0) is 13.1 Å². The lowest BCUT2D eigenvalue weighted by atomic mass is 10.1. The zero-order valence-electron chi connectivity index (χ0n) is 13.5. The van der Waals surface area contributed by atoms with Crippen molar-refractivity contribution in [3.8, 4) is 6.07 Å². The lowest BCUT2D eigenvalue weighted by Crippen LogP contribution is -2.34. The number of nitrogens with zero attached hydrogens (tertiary/aromatic N) is 3. The monoisotopic (exact) mass is 327 g/mol. The van der Waals surface area contributed by atoms with E-state index in [-0.39, 0.29) is 12.1 Å². The number of pyridine rings is 1. The SMILES string of the molecule is CN(C)c1ccc(CNC(=O)NCc2ccc(C#N)cc2F)cn1. The Morgan fingerprint density at radius 2 is 2.00 bits per heavy atom. The Kier molecular flexibility index (Phi) is 5.68. The van der Waals surface area contributed by atoms with E-state index in [0.717, 1.165) is 17.4 Å². The van der Waals surface area contributed by atoms with Crippen molar-refractivity contribution in [1.29, 1.82) is 5.26 Å². The van der Waals surface area contributed by atoms with Crippen LogP contribution in [0, 0.1) is 17.1 Å². The third-order valence-corrected chi connectivity index (χ3v) is 3.34. The fourth-order valence-corrected chi connectivity index (χ4v) is 1.97. The van der Waals surface area contributed by atoms with Crippen molar-refractivity contribution < 1.29 is 9.18 Å². The fourth-order valence-electron chi connectivity index (χ4n) is 1.97. The molecule has 0 bridgehead atoms. The molecule has 2 N–H and O–H groups in total. The minimum atomic E-state index is -0.516. The number of carbonyl (C=O) groups excluding carboxylic acids is 1. The van der Waals surface area contributed by atoms with Crippen LogP contribution >= 0.6 is 0 Å². The Morgan fingerprint density at radius 3 is 2.58 bits per heavy atom. The molecule has 0 saturated heterocycles. The molecule has 0 spiro atoms. The molecule has 2 aromatic rings. The van der Waals surface area contributed by atoms with E-state index in [4.69, 9.17) is 5.26 Å². The zero-order chi connectivity index (χ0) is 17.5. The standard InChI is InChI=1S/C17H18FN5O/c1-23(2)16-6-4-13(9-20-16)10-21-17(24)22-11-14-5-3-12(8-19)7-15(14)18/h3-7,9H,10-11H2,1-2H3,(H2,21,22,24). The number of nitrogens with one attached hydrogen (secondary N) is 2. The summed E-state index contributed by atoms with van der Waals surface area (Å²) in [5.74, 6) is 0.317. The van der Waals surface area contributed by atoms with Gasteiger partial charge in [0.25, 0.3) is 0 Å². The number of carbonyl (C=O) groups is 1. The van der Waals surface area contributed by atoms with Gasteiger partial charge in [-0.2, -0.15) is 5.26 Å². The van der Waals surface area contributed by atoms with Gasteiger partial charge in [0, 0.05) is 38.9 Å². The maximum Gasteiger partial charge on any atom is 0.315 e. The number of hydrogen-bond acceptors (Lipinski definition) is 4. The molecule has 0 fully saturated rings. The average molecular weight is 327 g/mol. The van der Waals surface area contributed by atoms with Crippen LogP contribution in [0.4, 0.5) is 15.0 Å². The first-order chi connectivity index (χ1) is 11.5. The summed E-state index contributed by atoms with van der Waals surface area (Å²) in [6.45, 7) is 0.365. The van der Waals surface area contributed by atoms with Crippen molar-refractivity contribution in [3.63, 3.8) is 0 Å². The topological polar surface area (TPSA) is 81.0 Å². The summed E-state index contributed by atoms with van der Waals surface area (Å²) in [6.07, 6.45) is 1.69. The number of halogens is 1. The number of aromatic nitrogens is 1. The number of urea groups is 1. The van der Waals surface area contributed by atoms with Gasteiger partial charge in [-0.1, -0.05) is 12.1 Å². The third-order valence-electron chi connectivity index (χ3n) is 3.34. The van der Waals surface area contributed by atoms with Crippen LogP contribution in [0.2, 0.25) is 0 Å². The first kappa shape index (κ1) is 17.2. The van der Waals surface area contributed by atoms with Gasteiger partial charge >= 0.3 is 6.03 Å². The highest BCUT2D eigenvalue weighted by molar-refractivity contribution is 5.73. The van der Waals surface area contributed by atoms with E-state index < -0.39 is 11.8 Å². The second kappa shape index (κ2) is 7.92. The normalized spacial score (nSPS) is 9.92. The second-order valence-electron chi connectivity index (χ2n) is 5.37. The molecule has 24 heavy (non-hydrogen) atoms. The van der Waals surface area contributed by atoms with E-state index in [1.165, 1.54) is 12.1 Å². The summed E-state index contributed by atoms with van der Waals surface area (Å²) in [4.78, 5) is 17.9. The van der Waals surface area contributed by atoms with Crippen LogP contribution in [0.15, 0.2) is 36.5 Å². The van der Waals surface area contributed by atoms with Gasteiger partial charge in [-0.25, -0.2) is 14.2 Å². The van der Waals surface area contributed by atoms with Gasteiger partial charge in [0.15, 0.2) is 0 Å². The molecular formula is C17H18FN5O. The predicted molar refractivity (Wildman–Crippen MR) is 88.8 cm³/mol. The molecular weight excluding hydrogens is 309 g/mol. The van der Waals surface area contributed by atoms with Gasteiger partial charge in [0.1, 0.15) is 11.6 Å². The van der Waals surface area contributed by atoms with Gasteiger partial charge < -0.3 is 15.5 Å². The van der Waals surface area contributed by atoms with Crippen LogP contribution in [0.25, 0.3) is 0 Å². The molecule has 124 valence electrons. The molecule has 2 rings (SSSR count). The van der Waals surface area contributed by atoms with Gasteiger partial charge in [0.2, 0.25) is 0 Å². The highest BCUT2D eigenvalue weighted by Gasteiger charge is 2.06. The average Bonchev–Trinajstić information content (AvgIpc) is 2.59. The van der Waals surface area contributed by atoms with E-state index in [1.807, 2.05) is 37.2 Å². The summed E-state index contributed by atoms with van der Waals surface area (Å²) >= 11 is 0. The van der Waals surface area contributed by atoms with Crippen molar-refractivity contribution in [1.82, 2.24) is 15.6 Å². The molecule has 0 aliphatic heterocycles. The van der Waals surface area contributed by atoms with E-state index in [0.29, 0.717) is 12.1 Å². The lowest BCUT2D eigenvalue weighted by Gasteiger charge is -2.12. The van der Waals surface area contributed by atoms with Crippen molar-refractivity contribution in [3.05, 3.63) is 59.0 Å². The quantitative estimate of drug-likeness (QED) is 0.882. The molecule has 0 radical (unpaired) electrons. The fraction of sp³-hybridized carbons (Fsp3) is 0.235. The van der Waals surface area contributed by atoms with Gasteiger partial charge in [-0.05, 0) is 23.8 Å². The molecule has 0 atom stereocenters. The largest absolute Gasteiger partial charge is 0.363 e. The summed E-state index contributed by atoms with van der Waals surface area (Å²) in [5.41, 5.74) is 1.43. The van der Waals surface area contributed by atoms with Crippen molar-refractivity contribution in [2.45, 2.75) is 13.1 Å². The van der Waals surface area contributed by atoms with Gasteiger partial charge in [-0.15, -0.1) is 0 Å². The zero-order valence-corrected chi connectivity index (χ0v) is 13.5. The first-order valence-corrected chi connectivity index (χ1v) is 7.32. The van der Waals surface area contributed by atoms with Crippen molar-refractivity contribution in [2.75, 3.05) is 19.0 Å². The van der Waals surface area contributed by atoms with Crippen LogP contribution in [-0.4, -0.2) is 25.1 Å². The van der Waals surface area contributed by atoms with Crippen molar-refractivity contribution >= 4 is 11.8 Å². The number of rotatable bonds is 5. The maximum absolute atomic E-state index is 13.7. The highest BCUT2D eigenvalue weighted by Crippen LogP contribution is 2.10. The van der Waals surface area contributed by atoms with Crippen LogP contribution in [0.5, 0.6) is 0 Å². The van der Waals surface area contributed by atoms with Crippen molar-refractivity contribution in [2.24, 2.45) is 0 Å². The van der Waals surface area contributed by atoms with E-state index in [9.17, 15) is 9.18 Å². The summed E-state index contributed by atoms with van der Waals surface area (Å²) in [7, 11) is 3.80. The second-order valence-corrected chi connectivity index (χ2v) is 5.37. The molecule has 7 heteroatoms. The van der Waals surface area contributed by atoms with Crippen LogP contribution in [0.3, 0.4) is 0 Å². The van der Waals surface area contributed by atoms with Gasteiger partial charge in [0.05, 0.1) is 11.6 Å². The van der Waals surface area contributed by atoms with Crippen LogP contribution in [0.1, 0.15) is 16.7 Å². The van der Waals surface area contributed by atoms with E-state index >= 15 is 0 Å². The number of nitriles is 1. The van der Waals surface area contributed by atoms with Gasteiger partial charge in [-0.3, -0.25) is 0 Å². The third kappa shape index (κ3) is 4.68. The smallest absolute Gasteiger partial charge is 0.315 e. The molecule has 2 amide bonds. The minimum absolute atomic E-state index is 0.0428. The molecule has 1 aromatic carbocycles. The minimum Gasteiger partial charge on any atom is -0.363 e. The number of anilines is 1. The number of benzene rings is 1. The van der Waals surface area contributed by atoms with Crippen LogP contribution < -0.4 is 15.5 Å². The Labute approximate surface area is 139 Å². The molecule has 0 unspecified atom stereocenters.